The lowest BCUT2D eigenvalue weighted by molar-refractivity contribution is 0.0925. The largest absolute Gasteiger partial charge is 0.496 e. The van der Waals surface area contributed by atoms with Gasteiger partial charge in [0.2, 0.25) is 0 Å². The predicted octanol–water partition coefficient (Wildman–Crippen LogP) is 2.98. The van der Waals surface area contributed by atoms with Crippen molar-refractivity contribution in [3.8, 4) is 5.75 Å². The van der Waals surface area contributed by atoms with Crippen LogP contribution in [0, 0.1) is 0 Å². The molecule has 0 aromatic heterocycles. The second-order valence-electron chi connectivity index (χ2n) is 4.58. The highest BCUT2D eigenvalue weighted by Gasteiger charge is 2.25. The Balaban J connectivity index is 2.07. The molecule has 0 saturated heterocycles. The van der Waals surface area contributed by atoms with Crippen LogP contribution in [0.2, 0.25) is 0 Å². The van der Waals surface area contributed by atoms with E-state index in [0.29, 0.717) is 11.3 Å². The number of ether oxygens (including phenoxy) is 1. The van der Waals surface area contributed by atoms with Gasteiger partial charge in [-0.25, -0.2) is 0 Å². The zero-order valence-electron chi connectivity index (χ0n) is 10.5. The first kappa shape index (κ1) is 13.2. The summed E-state index contributed by atoms with van der Waals surface area (Å²) in [5, 5.41) is 3.05. The number of rotatable bonds is 3. The van der Waals surface area contributed by atoms with Crippen LogP contribution in [0.25, 0.3) is 0 Å². The highest BCUT2D eigenvalue weighted by molar-refractivity contribution is 6.21. The Kier molecular flexibility index (Phi) is 4.48. The molecule has 1 aliphatic rings. The molecule has 0 bridgehead atoms. The molecule has 1 amide bonds. The molecule has 2 unspecified atom stereocenters. The third kappa shape index (κ3) is 2.96. The van der Waals surface area contributed by atoms with Gasteiger partial charge in [0.05, 0.1) is 18.1 Å². The van der Waals surface area contributed by atoms with Gasteiger partial charge in [0.25, 0.3) is 5.91 Å². The van der Waals surface area contributed by atoms with E-state index in [1.165, 1.54) is 0 Å². The van der Waals surface area contributed by atoms with Crippen LogP contribution in [0.15, 0.2) is 24.3 Å². The number of para-hydroxylation sites is 1. The number of alkyl halides is 1. The van der Waals surface area contributed by atoms with Crippen molar-refractivity contribution in [2.24, 2.45) is 0 Å². The van der Waals surface area contributed by atoms with Crippen LogP contribution in [-0.4, -0.2) is 24.4 Å². The Labute approximate surface area is 112 Å². The highest BCUT2D eigenvalue weighted by Crippen LogP contribution is 2.24. The van der Waals surface area contributed by atoms with Gasteiger partial charge in [-0.15, -0.1) is 11.6 Å². The van der Waals surface area contributed by atoms with E-state index in [1.54, 1.807) is 19.2 Å². The van der Waals surface area contributed by atoms with E-state index in [1.807, 2.05) is 12.1 Å². The number of hydrogen-bond acceptors (Lipinski definition) is 2. The van der Waals surface area contributed by atoms with Crippen molar-refractivity contribution in [1.29, 1.82) is 0 Å². The average Bonchev–Trinajstić information content (AvgIpc) is 2.41. The number of carbonyl (C=O) groups is 1. The van der Waals surface area contributed by atoms with E-state index >= 15 is 0 Å². The van der Waals surface area contributed by atoms with Crippen LogP contribution in [-0.2, 0) is 0 Å². The Bertz CT molecular complexity index is 422. The van der Waals surface area contributed by atoms with Crippen molar-refractivity contribution < 1.29 is 9.53 Å². The number of nitrogens with one attached hydrogen (secondary N) is 1. The van der Waals surface area contributed by atoms with Gasteiger partial charge in [-0.3, -0.25) is 4.79 Å². The van der Waals surface area contributed by atoms with E-state index < -0.39 is 0 Å². The fraction of sp³-hybridized carbons (Fsp3) is 0.500. The molecular formula is C14H18ClNO2. The molecule has 1 fully saturated rings. The van der Waals surface area contributed by atoms with Crippen LogP contribution < -0.4 is 10.1 Å². The molecule has 3 nitrogen and oxygen atoms in total. The molecule has 1 saturated carbocycles. The molecule has 1 aromatic carbocycles. The minimum atomic E-state index is -0.106. The molecule has 1 aromatic rings. The summed E-state index contributed by atoms with van der Waals surface area (Å²) in [5.74, 6) is 0.488. The maximum atomic E-state index is 12.2. The first-order chi connectivity index (χ1) is 8.72. The molecule has 2 atom stereocenters. The molecule has 98 valence electrons. The molecule has 1 aliphatic carbocycles. The van der Waals surface area contributed by atoms with E-state index in [-0.39, 0.29) is 17.3 Å². The zero-order chi connectivity index (χ0) is 13.0. The lowest BCUT2D eigenvalue weighted by atomic mass is 9.94. The Morgan fingerprint density at radius 3 is 2.78 bits per heavy atom. The van der Waals surface area contributed by atoms with Crippen molar-refractivity contribution in [1.82, 2.24) is 5.32 Å². The summed E-state index contributed by atoms with van der Waals surface area (Å²) in [5.41, 5.74) is 0.564. The SMILES string of the molecule is COc1ccccc1C(=O)NC1CCCCC1Cl. The first-order valence-corrected chi connectivity index (χ1v) is 6.74. The Hall–Kier alpha value is -1.22. The van der Waals surface area contributed by atoms with Gasteiger partial charge in [-0.2, -0.15) is 0 Å². The van der Waals surface area contributed by atoms with Crippen LogP contribution >= 0.6 is 11.6 Å². The van der Waals surface area contributed by atoms with Gasteiger partial charge in [-0.1, -0.05) is 25.0 Å². The van der Waals surface area contributed by atoms with Crippen LogP contribution in [0.1, 0.15) is 36.0 Å². The quantitative estimate of drug-likeness (QED) is 0.855. The molecular weight excluding hydrogens is 250 g/mol. The van der Waals surface area contributed by atoms with Crippen molar-refractivity contribution in [3.63, 3.8) is 0 Å². The second-order valence-corrected chi connectivity index (χ2v) is 5.14. The maximum Gasteiger partial charge on any atom is 0.255 e. The van der Waals surface area contributed by atoms with Gasteiger partial charge in [0.15, 0.2) is 0 Å². The lowest BCUT2D eigenvalue weighted by Crippen LogP contribution is -2.42. The molecule has 18 heavy (non-hydrogen) atoms. The van der Waals surface area contributed by atoms with Crippen molar-refractivity contribution in [2.45, 2.75) is 37.1 Å². The molecule has 1 N–H and O–H groups in total. The first-order valence-electron chi connectivity index (χ1n) is 6.30. The number of carbonyl (C=O) groups excluding carboxylic acids is 1. The Morgan fingerprint density at radius 2 is 2.06 bits per heavy atom. The number of benzene rings is 1. The van der Waals surface area contributed by atoms with E-state index in [2.05, 4.69) is 5.32 Å². The summed E-state index contributed by atoms with van der Waals surface area (Å²) in [7, 11) is 1.57. The fourth-order valence-corrected chi connectivity index (χ4v) is 2.67. The van der Waals surface area contributed by atoms with Crippen LogP contribution in [0.4, 0.5) is 0 Å². The standard InChI is InChI=1S/C14H18ClNO2/c1-18-13-9-5-2-6-10(13)14(17)16-12-8-4-3-7-11(12)15/h2,5-6,9,11-12H,3-4,7-8H2,1H3,(H,16,17). The summed E-state index contributed by atoms with van der Waals surface area (Å²) in [6, 6.07) is 7.29. The fourth-order valence-electron chi connectivity index (χ4n) is 2.33. The zero-order valence-corrected chi connectivity index (χ0v) is 11.2. The highest BCUT2D eigenvalue weighted by atomic mass is 35.5. The summed E-state index contributed by atoms with van der Waals surface area (Å²) < 4.78 is 5.19. The summed E-state index contributed by atoms with van der Waals surface area (Å²) >= 11 is 6.24. The van der Waals surface area contributed by atoms with Gasteiger partial charge in [-0.05, 0) is 25.0 Å². The smallest absolute Gasteiger partial charge is 0.255 e. The minimum Gasteiger partial charge on any atom is -0.496 e. The molecule has 0 radical (unpaired) electrons. The van der Waals surface area contributed by atoms with Crippen LogP contribution in [0.5, 0.6) is 5.75 Å². The van der Waals surface area contributed by atoms with Gasteiger partial charge in [0.1, 0.15) is 5.75 Å². The monoisotopic (exact) mass is 267 g/mol. The van der Waals surface area contributed by atoms with E-state index in [9.17, 15) is 4.79 Å². The molecule has 2 rings (SSSR count). The summed E-state index contributed by atoms with van der Waals surface area (Å²) in [6.45, 7) is 0. The number of methoxy groups -OCH3 is 1. The number of halogens is 1. The van der Waals surface area contributed by atoms with Crippen molar-refractivity contribution in [2.75, 3.05) is 7.11 Å². The third-order valence-electron chi connectivity index (χ3n) is 3.35. The predicted molar refractivity (Wildman–Crippen MR) is 72.4 cm³/mol. The van der Waals surface area contributed by atoms with Crippen molar-refractivity contribution >= 4 is 17.5 Å². The molecule has 0 aliphatic heterocycles. The number of amides is 1. The number of hydrogen-bond donors (Lipinski definition) is 1. The third-order valence-corrected chi connectivity index (χ3v) is 3.87. The average molecular weight is 268 g/mol. The van der Waals surface area contributed by atoms with Gasteiger partial charge in [0, 0.05) is 6.04 Å². The van der Waals surface area contributed by atoms with Crippen LogP contribution in [0.3, 0.4) is 0 Å². The minimum absolute atomic E-state index is 0.0393. The summed E-state index contributed by atoms with van der Waals surface area (Å²) in [6.07, 6.45) is 4.20. The van der Waals surface area contributed by atoms with E-state index in [4.69, 9.17) is 16.3 Å². The summed E-state index contributed by atoms with van der Waals surface area (Å²) in [4.78, 5) is 12.2. The van der Waals surface area contributed by atoms with Crippen molar-refractivity contribution in [3.05, 3.63) is 29.8 Å². The maximum absolute atomic E-state index is 12.2. The van der Waals surface area contributed by atoms with Gasteiger partial charge < -0.3 is 10.1 Å². The molecule has 0 heterocycles. The molecule has 0 spiro atoms. The second kappa shape index (κ2) is 6.10. The Morgan fingerprint density at radius 1 is 1.33 bits per heavy atom. The lowest BCUT2D eigenvalue weighted by Gasteiger charge is -2.28. The van der Waals surface area contributed by atoms with Gasteiger partial charge >= 0.3 is 0 Å². The normalized spacial score (nSPS) is 23.4. The topological polar surface area (TPSA) is 38.3 Å². The van der Waals surface area contributed by atoms with E-state index in [0.717, 1.165) is 25.7 Å². The molecule has 4 heteroatoms.